The summed E-state index contributed by atoms with van der Waals surface area (Å²) in [6.07, 6.45) is 1.54. The summed E-state index contributed by atoms with van der Waals surface area (Å²) in [6, 6.07) is 7.21. The lowest BCUT2D eigenvalue weighted by Gasteiger charge is -2.28. The summed E-state index contributed by atoms with van der Waals surface area (Å²) >= 11 is 0. The zero-order valence-electron chi connectivity index (χ0n) is 15.5. The number of amides is 1. The molecule has 24 heavy (non-hydrogen) atoms. The van der Waals surface area contributed by atoms with Crippen LogP contribution < -0.4 is 10.1 Å². The van der Waals surface area contributed by atoms with Gasteiger partial charge in [0.2, 0.25) is 0 Å². The maximum Gasteiger partial charge on any atom is 0.256 e. The van der Waals surface area contributed by atoms with Gasteiger partial charge >= 0.3 is 0 Å². The largest absolute Gasteiger partial charge is 0.491 e. The van der Waals surface area contributed by atoms with Gasteiger partial charge in [-0.05, 0) is 44.7 Å². The number of hydrogen-bond acceptors (Lipinski definition) is 4. The highest BCUT2D eigenvalue weighted by Crippen LogP contribution is 2.26. The summed E-state index contributed by atoms with van der Waals surface area (Å²) in [4.78, 5) is 12.6. The Bertz CT molecular complexity index is 607. The van der Waals surface area contributed by atoms with Gasteiger partial charge in [0.1, 0.15) is 17.4 Å². The number of benzene rings is 1. The first-order valence-electron chi connectivity index (χ1n) is 8.33. The molecule has 1 N–H and O–H groups in total. The number of hydrogen-bond donors (Lipinski definition) is 1. The Labute approximate surface area is 145 Å². The molecule has 0 bridgehead atoms. The Hall–Kier alpha value is -2.06. The molecule has 5 nitrogen and oxygen atoms in total. The smallest absolute Gasteiger partial charge is 0.256 e. The zero-order valence-corrected chi connectivity index (χ0v) is 15.5. The molecule has 0 fully saturated rings. The van der Waals surface area contributed by atoms with Crippen molar-refractivity contribution in [1.82, 2.24) is 0 Å². The molecule has 0 unspecified atom stereocenters. The van der Waals surface area contributed by atoms with Gasteiger partial charge in [-0.2, -0.15) is 5.26 Å². The summed E-state index contributed by atoms with van der Waals surface area (Å²) in [5, 5.41) is 12.2. The Kier molecular flexibility index (Phi) is 7.24. The fourth-order valence-corrected chi connectivity index (χ4v) is 2.42. The van der Waals surface area contributed by atoms with Gasteiger partial charge in [-0.1, -0.05) is 20.8 Å². The number of nitrogens with zero attached hydrogens (tertiary/aromatic N) is 1. The van der Waals surface area contributed by atoms with Crippen molar-refractivity contribution in [3.8, 4) is 11.8 Å². The molecule has 0 aromatic heterocycles. The molecule has 1 aromatic rings. The van der Waals surface area contributed by atoms with Crippen molar-refractivity contribution in [2.75, 3.05) is 12.4 Å². The van der Waals surface area contributed by atoms with Gasteiger partial charge < -0.3 is 14.8 Å². The van der Waals surface area contributed by atoms with Gasteiger partial charge in [-0.3, -0.25) is 4.79 Å². The molecule has 0 aliphatic carbocycles. The minimum Gasteiger partial charge on any atom is -0.491 e. The van der Waals surface area contributed by atoms with Crippen LogP contribution in [0, 0.1) is 17.2 Å². The SMILES string of the molecule is CC[C@H](C)Oc1ccc(NC(=O)[C@](C)(CC(C)C)OC)c(C#N)c1. The molecule has 0 aliphatic rings. The summed E-state index contributed by atoms with van der Waals surface area (Å²) in [5.41, 5.74) is -0.106. The maximum atomic E-state index is 12.6. The van der Waals surface area contributed by atoms with Crippen LogP contribution in [0.25, 0.3) is 0 Å². The average molecular weight is 332 g/mol. The molecule has 2 atom stereocenters. The third-order valence-electron chi connectivity index (χ3n) is 4.00. The van der Waals surface area contributed by atoms with Crippen molar-refractivity contribution >= 4 is 11.6 Å². The molecule has 1 aromatic carbocycles. The van der Waals surface area contributed by atoms with Crippen LogP contribution in [0.15, 0.2) is 18.2 Å². The van der Waals surface area contributed by atoms with Crippen molar-refractivity contribution in [1.29, 1.82) is 5.26 Å². The average Bonchev–Trinajstić information content (AvgIpc) is 2.55. The van der Waals surface area contributed by atoms with E-state index in [1.54, 1.807) is 25.1 Å². The predicted octanol–water partition coefficient (Wildman–Crippen LogP) is 4.13. The van der Waals surface area contributed by atoms with Gasteiger partial charge in [-0.15, -0.1) is 0 Å². The first kappa shape index (κ1) is 20.0. The second kappa shape index (κ2) is 8.70. The van der Waals surface area contributed by atoms with Gasteiger partial charge in [0, 0.05) is 13.2 Å². The van der Waals surface area contributed by atoms with E-state index >= 15 is 0 Å². The number of methoxy groups -OCH3 is 1. The van der Waals surface area contributed by atoms with Crippen LogP contribution in [0.1, 0.15) is 53.0 Å². The first-order chi connectivity index (χ1) is 11.3. The van der Waals surface area contributed by atoms with Crippen LogP contribution in [0.3, 0.4) is 0 Å². The number of ether oxygens (including phenoxy) is 2. The highest BCUT2D eigenvalue weighted by molar-refractivity contribution is 5.98. The highest BCUT2D eigenvalue weighted by Gasteiger charge is 2.34. The summed E-state index contributed by atoms with van der Waals surface area (Å²) in [7, 11) is 1.52. The molecule has 5 heteroatoms. The van der Waals surface area contributed by atoms with Crippen LogP contribution in [0.5, 0.6) is 5.75 Å². The van der Waals surface area contributed by atoms with Crippen LogP contribution in [0.4, 0.5) is 5.69 Å². The number of nitrogens with one attached hydrogen (secondary N) is 1. The van der Waals surface area contributed by atoms with E-state index in [0.717, 1.165) is 6.42 Å². The standard InChI is InChI=1S/C19H28N2O3/c1-7-14(4)24-16-8-9-17(15(10-16)12-20)21-18(22)19(5,23-6)11-13(2)3/h8-10,13-14H,7,11H2,1-6H3,(H,21,22)/t14-,19-/m0/s1. The molecular weight excluding hydrogens is 304 g/mol. The predicted molar refractivity (Wildman–Crippen MR) is 95.0 cm³/mol. The van der Waals surface area contributed by atoms with E-state index in [0.29, 0.717) is 29.3 Å². The molecule has 0 saturated heterocycles. The highest BCUT2D eigenvalue weighted by atomic mass is 16.5. The Morgan fingerprint density at radius 3 is 2.54 bits per heavy atom. The second-order valence-corrected chi connectivity index (χ2v) is 6.64. The molecular formula is C19H28N2O3. The van der Waals surface area contributed by atoms with E-state index in [9.17, 15) is 10.1 Å². The van der Waals surface area contributed by atoms with Crippen molar-refractivity contribution in [2.24, 2.45) is 5.92 Å². The minimum absolute atomic E-state index is 0.0693. The van der Waals surface area contributed by atoms with E-state index in [1.165, 1.54) is 7.11 Å². The number of carbonyl (C=O) groups excluding carboxylic acids is 1. The van der Waals surface area contributed by atoms with E-state index in [4.69, 9.17) is 9.47 Å². The van der Waals surface area contributed by atoms with Gasteiger partial charge in [-0.25, -0.2) is 0 Å². The Morgan fingerprint density at radius 2 is 2.04 bits per heavy atom. The lowest BCUT2D eigenvalue weighted by atomic mass is 9.93. The van der Waals surface area contributed by atoms with Gasteiger partial charge in [0.05, 0.1) is 17.4 Å². The number of carbonyl (C=O) groups is 1. The molecule has 1 amide bonds. The molecule has 0 spiro atoms. The molecule has 0 aliphatic heterocycles. The number of rotatable bonds is 8. The quantitative estimate of drug-likeness (QED) is 0.777. The monoisotopic (exact) mass is 332 g/mol. The first-order valence-corrected chi connectivity index (χ1v) is 8.33. The molecule has 1 rings (SSSR count). The Morgan fingerprint density at radius 1 is 1.38 bits per heavy atom. The molecule has 0 heterocycles. The summed E-state index contributed by atoms with van der Waals surface area (Å²) < 4.78 is 11.1. The van der Waals surface area contributed by atoms with Crippen molar-refractivity contribution in [2.45, 2.75) is 59.2 Å². The van der Waals surface area contributed by atoms with E-state index in [2.05, 4.69) is 11.4 Å². The molecule has 0 saturated carbocycles. The third-order valence-corrected chi connectivity index (χ3v) is 4.00. The fourth-order valence-electron chi connectivity index (χ4n) is 2.42. The minimum atomic E-state index is -0.938. The number of anilines is 1. The van der Waals surface area contributed by atoms with Crippen molar-refractivity contribution in [3.63, 3.8) is 0 Å². The van der Waals surface area contributed by atoms with Crippen LogP contribution in [-0.4, -0.2) is 24.7 Å². The lowest BCUT2D eigenvalue weighted by molar-refractivity contribution is -0.137. The summed E-state index contributed by atoms with van der Waals surface area (Å²) in [6.45, 7) is 9.83. The summed E-state index contributed by atoms with van der Waals surface area (Å²) in [5.74, 6) is 0.670. The molecule has 132 valence electrons. The Balaban J connectivity index is 2.98. The van der Waals surface area contributed by atoms with Crippen molar-refractivity contribution in [3.05, 3.63) is 23.8 Å². The van der Waals surface area contributed by atoms with E-state index < -0.39 is 5.60 Å². The fraction of sp³-hybridized carbons (Fsp3) is 0.579. The van der Waals surface area contributed by atoms with Gasteiger partial charge in [0.15, 0.2) is 0 Å². The van der Waals surface area contributed by atoms with E-state index in [1.807, 2.05) is 27.7 Å². The van der Waals surface area contributed by atoms with Gasteiger partial charge in [0.25, 0.3) is 5.91 Å². The molecule has 0 radical (unpaired) electrons. The van der Waals surface area contributed by atoms with Crippen LogP contribution >= 0.6 is 0 Å². The third kappa shape index (κ3) is 5.24. The van der Waals surface area contributed by atoms with E-state index in [-0.39, 0.29) is 12.0 Å². The lowest BCUT2D eigenvalue weighted by Crippen LogP contribution is -2.43. The maximum absolute atomic E-state index is 12.6. The van der Waals surface area contributed by atoms with Crippen molar-refractivity contribution < 1.29 is 14.3 Å². The zero-order chi connectivity index (χ0) is 18.3. The second-order valence-electron chi connectivity index (χ2n) is 6.64. The van der Waals surface area contributed by atoms with Crippen LogP contribution in [0.2, 0.25) is 0 Å². The topological polar surface area (TPSA) is 71.3 Å². The number of nitriles is 1. The normalized spacial score (nSPS) is 14.6. The van der Waals surface area contributed by atoms with Crippen LogP contribution in [-0.2, 0) is 9.53 Å².